The monoisotopic (exact) mass is 560 g/mol. The molecule has 0 saturated carbocycles. The SMILES string of the molecule is c1ccc(-c2ccc(-c3ccc(-n4c5ccccc5c5cccc6c7ccccc7n(c7ccccc74)c56)cc3)cc2)cc1. The van der Waals surface area contributed by atoms with Gasteiger partial charge in [-0.25, -0.2) is 0 Å². The molecule has 206 valence electrons. The van der Waals surface area contributed by atoms with Crippen LogP contribution in [0.1, 0.15) is 0 Å². The molecule has 9 aromatic rings. The van der Waals surface area contributed by atoms with Gasteiger partial charge in [0.15, 0.2) is 0 Å². The lowest BCUT2D eigenvalue weighted by Gasteiger charge is -2.17. The van der Waals surface area contributed by atoms with Gasteiger partial charge >= 0.3 is 0 Å². The zero-order valence-electron chi connectivity index (χ0n) is 24.1. The lowest BCUT2D eigenvalue weighted by Crippen LogP contribution is -2.01. The fraction of sp³-hybridized carbons (Fsp3) is 0. The molecule has 7 aromatic carbocycles. The molecule has 0 unspecified atom stereocenters. The highest BCUT2D eigenvalue weighted by atomic mass is 15.0. The number of aromatic nitrogens is 2. The summed E-state index contributed by atoms with van der Waals surface area (Å²) in [6.45, 7) is 0. The van der Waals surface area contributed by atoms with E-state index in [4.69, 9.17) is 0 Å². The Hall–Kier alpha value is -5.86. The second-order valence-corrected chi connectivity index (χ2v) is 11.4. The Bertz CT molecular complexity index is 2510. The standard InChI is InChI=1S/C42H28N2/c1-2-11-29(12-3-1)30-21-23-31(24-22-30)32-25-27-33(28-26-32)43-38-17-6-4-13-34(38)36-15-10-16-37-35-14-5-7-18-39(35)44(42(36)37)41-20-9-8-19-40(41)43/h1-28H. The molecule has 2 heteroatoms. The van der Waals surface area contributed by atoms with Gasteiger partial charge in [0.1, 0.15) is 0 Å². The zero-order chi connectivity index (χ0) is 29.0. The molecule has 0 N–H and O–H groups in total. The Morgan fingerprint density at radius 2 is 0.705 bits per heavy atom. The second-order valence-electron chi connectivity index (χ2n) is 11.4. The average molecular weight is 561 g/mol. The van der Waals surface area contributed by atoms with Gasteiger partial charge in [-0.2, -0.15) is 0 Å². The first-order valence-electron chi connectivity index (χ1n) is 15.1. The van der Waals surface area contributed by atoms with Gasteiger partial charge in [0.05, 0.1) is 27.6 Å². The fourth-order valence-corrected chi connectivity index (χ4v) is 6.92. The molecule has 0 amide bonds. The van der Waals surface area contributed by atoms with Gasteiger partial charge in [0, 0.05) is 27.2 Å². The van der Waals surface area contributed by atoms with Gasteiger partial charge in [-0.15, -0.1) is 0 Å². The first-order chi connectivity index (χ1) is 21.8. The minimum Gasteiger partial charge on any atom is -0.308 e. The number of para-hydroxylation sites is 5. The Labute approximate surface area is 255 Å². The van der Waals surface area contributed by atoms with E-state index >= 15 is 0 Å². The van der Waals surface area contributed by atoms with E-state index in [1.54, 1.807) is 0 Å². The van der Waals surface area contributed by atoms with Crippen molar-refractivity contribution in [1.29, 1.82) is 0 Å². The highest BCUT2D eigenvalue weighted by Gasteiger charge is 2.16. The molecule has 0 bridgehead atoms. The van der Waals surface area contributed by atoms with Gasteiger partial charge in [-0.05, 0) is 58.7 Å². The molecule has 0 radical (unpaired) electrons. The van der Waals surface area contributed by atoms with Crippen LogP contribution in [0.2, 0.25) is 0 Å². The van der Waals surface area contributed by atoms with E-state index in [-0.39, 0.29) is 0 Å². The molecule has 9 rings (SSSR count). The highest BCUT2D eigenvalue weighted by molar-refractivity contribution is 6.20. The number of hydrogen-bond acceptors (Lipinski definition) is 0. The summed E-state index contributed by atoms with van der Waals surface area (Å²) in [6.07, 6.45) is 0. The van der Waals surface area contributed by atoms with Crippen LogP contribution in [0.25, 0.3) is 77.1 Å². The molecule has 0 aliphatic heterocycles. The molecular weight excluding hydrogens is 532 g/mol. The topological polar surface area (TPSA) is 9.34 Å². The molecule has 0 aliphatic carbocycles. The Balaban J connectivity index is 1.32. The van der Waals surface area contributed by atoms with Crippen LogP contribution < -0.4 is 0 Å². The van der Waals surface area contributed by atoms with E-state index < -0.39 is 0 Å². The van der Waals surface area contributed by atoms with Crippen molar-refractivity contribution >= 4 is 49.1 Å². The highest BCUT2D eigenvalue weighted by Crippen LogP contribution is 2.37. The summed E-state index contributed by atoms with van der Waals surface area (Å²) in [6, 6.07) is 61.5. The predicted octanol–water partition coefficient (Wildman–Crippen LogP) is 11.2. The first kappa shape index (κ1) is 24.7. The van der Waals surface area contributed by atoms with Crippen molar-refractivity contribution in [3.05, 3.63) is 170 Å². The first-order valence-corrected chi connectivity index (χ1v) is 15.1. The van der Waals surface area contributed by atoms with E-state index in [2.05, 4.69) is 179 Å². The maximum absolute atomic E-state index is 2.46. The van der Waals surface area contributed by atoms with Crippen LogP contribution in [0.4, 0.5) is 0 Å². The molecule has 2 heterocycles. The van der Waals surface area contributed by atoms with Gasteiger partial charge in [0.25, 0.3) is 0 Å². The summed E-state index contributed by atoms with van der Waals surface area (Å²) >= 11 is 0. The number of hydrogen-bond donors (Lipinski definition) is 0. The van der Waals surface area contributed by atoms with E-state index in [9.17, 15) is 0 Å². The number of fused-ring (bicyclic) bond motifs is 7. The van der Waals surface area contributed by atoms with Crippen LogP contribution in [0, 0.1) is 0 Å². The van der Waals surface area contributed by atoms with Crippen LogP contribution in [0.3, 0.4) is 0 Å². The molecule has 0 spiro atoms. The Kier molecular flexibility index (Phi) is 5.54. The summed E-state index contributed by atoms with van der Waals surface area (Å²) in [5, 5.41) is 5.01. The Morgan fingerprint density at radius 1 is 0.273 bits per heavy atom. The van der Waals surface area contributed by atoms with Crippen molar-refractivity contribution in [2.24, 2.45) is 0 Å². The number of rotatable bonds is 3. The van der Waals surface area contributed by atoms with Crippen LogP contribution >= 0.6 is 0 Å². The third kappa shape index (κ3) is 3.75. The van der Waals surface area contributed by atoms with Gasteiger partial charge < -0.3 is 8.97 Å². The van der Waals surface area contributed by atoms with Crippen LogP contribution in [-0.4, -0.2) is 8.97 Å². The molecule has 44 heavy (non-hydrogen) atoms. The zero-order valence-corrected chi connectivity index (χ0v) is 24.1. The number of benzene rings is 7. The maximum Gasteiger partial charge on any atom is 0.0703 e. The van der Waals surface area contributed by atoms with Crippen molar-refractivity contribution < 1.29 is 0 Å². The summed E-state index contributed by atoms with van der Waals surface area (Å²) in [5.41, 5.74) is 12.0. The molecule has 2 aromatic heterocycles. The van der Waals surface area contributed by atoms with E-state index in [0.29, 0.717) is 0 Å². The minimum atomic E-state index is 1.13. The lowest BCUT2D eigenvalue weighted by molar-refractivity contribution is 1.16. The van der Waals surface area contributed by atoms with E-state index in [0.717, 1.165) is 11.2 Å². The molecular formula is C42H28N2. The summed E-state index contributed by atoms with van der Waals surface area (Å²) in [7, 11) is 0. The quantitative estimate of drug-likeness (QED) is 0.203. The van der Waals surface area contributed by atoms with Crippen LogP contribution in [0.15, 0.2) is 170 Å². The van der Waals surface area contributed by atoms with Crippen LogP contribution in [0.5, 0.6) is 0 Å². The van der Waals surface area contributed by atoms with Crippen molar-refractivity contribution in [2.45, 2.75) is 0 Å². The molecule has 0 aliphatic rings. The smallest absolute Gasteiger partial charge is 0.0703 e. The van der Waals surface area contributed by atoms with Gasteiger partial charge in [-0.3, -0.25) is 0 Å². The number of nitrogens with zero attached hydrogens (tertiary/aromatic N) is 2. The van der Waals surface area contributed by atoms with Gasteiger partial charge in [-0.1, -0.05) is 133 Å². The molecule has 0 atom stereocenters. The largest absolute Gasteiger partial charge is 0.308 e. The molecule has 2 nitrogen and oxygen atoms in total. The second kappa shape index (κ2) is 9.86. The predicted molar refractivity (Wildman–Crippen MR) is 186 cm³/mol. The molecule has 0 saturated heterocycles. The normalized spacial score (nSPS) is 11.6. The van der Waals surface area contributed by atoms with E-state index in [1.165, 1.54) is 65.9 Å². The van der Waals surface area contributed by atoms with Gasteiger partial charge in [0.2, 0.25) is 0 Å². The molecule has 0 fully saturated rings. The van der Waals surface area contributed by atoms with Crippen molar-refractivity contribution in [2.75, 3.05) is 0 Å². The average Bonchev–Trinajstić information content (AvgIpc) is 3.44. The minimum absolute atomic E-state index is 1.13. The third-order valence-electron chi connectivity index (χ3n) is 8.94. The summed E-state index contributed by atoms with van der Waals surface area (Å²) in [5.74, 6) is 0. The van der Waals surface area contributed by atoms with Crippen molar-refractivity contribution in [3.63, 3.8) is 0 Å². The fourth-order valence-electron chi connectivity index (χ4n) is 6.92. The van der Waals surface area contributed by atoms with Crippen molar-refractivity contribution in [3.8, 4) is 27.9 Å². The summed E-state index contributed by atoms with van der Waals surface area (Å²) in [4.78, 5) is 0. The van der Waals surface area contributed by atoms with Crippen LogP contribution in [-0.2, 0) is 0 Å². The Morgan fingerprint density at radius 3 is 1.34 bits per heavy atom. The van der Waals surface area contributed by atoms with Crippen molar-refractivity contribution in [1.82, 2.24) is 8.97 Å². The third-order valence-corrected chi connectivity index (χ3v) is 8.94. The lowest BCUT2D eigenvalue weighted by atomic mass is 10.00. The maximum atomic E-state index is 2.46. The summed E-state index contributed by atoms with van der Waals surface area (Å²) < 4.78 is 4.88. The van der Waals surface area contributed by atoms with E-state index in [1.807, 2.05) is 0 Å².